The first-order valence-electron chi connectivity index (χ1n) is 6.65. The molecule has 0 aromatic carbocycles. The summed E-state index contributed by atoms with van der Waals surface area (Å²) in [5.74, 6) is -1.37. The van der Waals surface area contributed by atoms with Crippen molar-refractivity contribution in [3.63, 3.8) is 0 Å². The van der Waals surface area contributed by atoms with Gasteiger partial charge in [-0.1, -0.05) is 13.5 Å². The fourth-order valence-corrected chi connectivity index (χ4v) is 1.27. The fourth-order valence-electron chi connectivity index (χ4n) is 1.27. The van der Waals surface area contributed by atoms with Gasteiger partial charge in [-0.2, -0.15) is 0 Å². The summed E-state index contributed by atoms with van der Waals surface area (Å²) < 4.78 is 9.34. The van der Waals surface area contributed by atoms with Crippen LogP contribution >= 0.6 is 0 Å². The molecule has 8 heteroatoms. The SMILES string of the molecule is C=C(C)C(=O)COC(=O)COC(=O)N(C)CN(C)C(=O)CC. The van der Waals surface area contributed by atoms with Crippen molar-refractivity contribution >= 4 is 23.8 Å². The van der Waals surface area contributed by atoms with Crippen molar-refractivity contribution in [2.45, 2.75) is 20.3 Å². The minimum Gasteiger partial charge on any atom is -0.455 e. The van der Waals surface area contributed by atoms with Gasteiger partial charge in [-0.25, -0.2) is 9.59 Å². The second-order valence-corrected chi connectivity index (χ2v) is 4.70. The van der Waals surface area contributed by atoms with E-state index in [0.29, 0.717) is 6.42 Å². The molecule has 0 aliphatic carbocycles. The molecule has 0 rings (SSSR count). The Kier molecular flexibility index (Phi) is 8.51. The van der Waals surface area contributed by atoms with Crippen molar-refractivity contribution in [3.8, 4) is 0 Å². The van der Waals surface area contributed by atoms with Gasteiger partial charge in [-0.3, -0.25) is 14.5 Å². The standard InChI is InChI=1S/C14H22N2O6/c1-6-12(18)15(4)9-16(5)14(20)22-8-13(19)21-7-11(17)10(2)3/h2,6-9H2,1,3-5H3. The first kappa shape index (κ1) is 19.6. The van der Waals surface area contributed by atoms with Crippen LogP contribution in [0.3, 0.4) is 0 Å². The molecule has 0 heterocycles. The number of rotatable bonds is 8. The normalized spacial score (nSPS) is 9.64. The lowest BCUT2D eigenvalue weighted by Crippen LogP contribution is -2.40. The largest absolute Gasteiger partial charge is 0.455 e. The van der Waals surface area contributed by atoms with E-state index in [-0.39, 0.29) is 18.1 Å². The molecule has 0 atom stereocenters. The van der Waals surface area contributed by atoms with Crippen molar-refractivity contribution in [1.29, 1.82) is 0 Å². The molecular weight excluding hydrogens is 292 g/mol. The van der Waals surface area contributed by atoms with E-state index in [2.05, 4.69) is 11.3 Å². The summed E-state index contributed by atoms with van der Waals surface area (Å²) in [7, 11) is 2.98. The van der Waals surface area contributed by atoms with E-state index in [9.17, 15) is 19.2 Å². The number of carbonyl (C=O) groups is 4. The molecule has 0 radical (unpaired) electrons. The van der Waals surface area contributed by atoms with Crippen LogP contribution in [0.4, 0.5) is 4.79 Å². The predicted octanol–water partition coefficient (Wildman–Crippen LogP) is 0.569. The molecule has 124 valence electrons. The molecule has 0 saturated carbocycles. The van der Waals surface area contributed by atoms with E-state index in [4.69, 9.17) is 4.74 Å². The van der Waals surface area contributed by atoms with Crippen molar-refractivity contribution in [2.24, 2.45) is 0 Å². The molecule has 22 heavy (non-hydrogen) atoms. The molecule has 0 spiro atoms. The van der Waals surface area contributed by atoms with Crippen molar-refractivity contribution < 1.29 is 28.7 Å². The van der Waals surface area contributed by atoms with E-state index < -0.39 is 31.1 Å². The molecule has 8 nitrogen and oxygen atoms in total. The number of carbonyl (C=O) groups excluding carboxylic acids is 4. The van der Waals surface area contributed by atoms with Crippen LogP contribution in [0.25, 0.3) is 0 Å². The van der Waals surface area contributed by atoms with Crippen molar-refractivity contribution in [3.05, 3.63) is 12.2 Å². The molecule has 0 fully saturated rings. The zero-order valence-electron chi connectivity index (χ0n) is 13.4. The summed E-state index contributed by atoms with van der Waals surface area (Å²) in [6.45, 7) is 5.61. The number of hydrogen-bond donors (Lipinski definition) is 0. The molecule has 0 N–H and O–H groups in total. The smallest absolute Gasteiger partial charge is 0.411 e. The van der Waals surface area contributed by atoms with Crippen LogP contribution in [0.2, 0.25) is 0 Å². The molecule has 0 aromatic rings. The highest BCUT2D eigenvalue weighted by Gasteiger charge is 2.17. The van der Waals surface area contributed by atoms with Crippen LogP contribution in [0.15, 0.2) is 12.2 Å². The van der Waals surface area contributed by atoms with Gasteiger partial charge >= 0.3 is 12.1 Å². The topological polar surface area (TPSA) is 93.2 Å². The number of esters is 1. The fraction of sp³-hybridized carbons (Fsp3) is 0.571. The maximum absolute atomic E-state index is 11.6. The lowest BCUT2D eigenvalue weighted by atomic mass is 10.2. The van der Waals surface area contributed by atoms with Gasteiger partial charge in [0.05, 0.1) is 6.67 Å². The number of nitrogens with zero attached hydrogens (tertiary/aromatic N) is 2. The molecule has 0 aliphatic heterocycles. The number of ether oxygens (including phenoxy) is 2. The zero-order valence-corrected chi connectivity index (χ0v) is 13.4. The summed E-state index contributed by atoms with van der Waals surface area (Å²) in [5.41, 5.74) is 0.271. The molecule has 0 aromatic heterocycles. The van der Waals surface area contributed by atoms with E-state index >= 15 is 0 Å². The Balaban J connectivity index is 4.11. The van der Waals surface area contributed by atoms with Gasteiger partial charge in [0, 0.05) is 20.5 Å². The second-order valence-electron chi connectivity index (χ2n) is 4.70. The highest BCUT2D eigenvalue weighted by atomic mass is 16.6. The van der Waals surface area contributed by atoms with Gasteiger partial charge in [0.25, 0.3) is 0 Å². The minimum absolute atomic E-state index is 0.0364. The Bertz CT molecular complexity index is 460. The monoisotopic (exact) mass is 314 g/mol. The van der Waals surface area contributed by atoms with Gasteiger partial charge in [-0.15, -0.1) is 0 Å². The quantitative estimate of drug-likeness (QED) is 0.369. The number of Topliss-reactive ketones (excluding diaryl/α,β-unsaturated/α-hetero) is 1. The molecular formula is C14H22N2O6. The third kappa shape index (κ3) is 7.41. The third-order valence-electron chi connectivity index (χ3n) is 2.62. The Morgan fingerprint density at radius 3 is 2.09 bits per heavy atom. The van der Waals surface area contributed by atoms with Crippen LogP contribution < -0.4 is 0 Å². The summed E-state index contributed by atoms with van der Waals surface area (Å²) >= 11 is 0. The first-order valence-corrected chi connectivity index (χ1v) is 6.65. The summed E-state index contributed by atoms with van der Waals surface area (Å²) in [6, 6.07) is 0. The number of amides is 2. The molecule has 0 aliphatic rings. The first-order chi connectivity index (χ1) is 10.2. The summed E-state index contributed by atoms with van der Waals surface area (Å²) in [4.78, 5) is 48.0. The van der Waals surface area contributed by atoms with E-state index in [0.717, 1.165) is 4.90 Å². The number of ketones is 1. The van der Waals surface area contributed by atoms with Gasteiger partial charge in [-0.05, 0) is 12.5 Å². The summed E-state index contributed by atoms with van der Waals surface area (Å²) in [6.07, 6.45) is -0.457. The van der Waals surface area contributed by atoms with E-state index in [1.54, 1.807) is 14.0 Å². The molecule has 0 saturated heterocycles. The summed E-state index contributed by atoms with van der Waals surface area (Å²) in [5, 5.41) is 0. The average molecular weight is 314 g/mol. The highest BCUT2D eigenvalue weighted by Crippen LogP contribution is 1.97. The lowest BCUT2D eigenvalue weighted by molar-refractivity contribution is -0.150. The predicted molar refractivity (Wildman–Crippen MR) is 77.8 cm³/mol. The van der Waals surface area contributed by atoms with Crippen LogP contribution in [-0.4, -0.2) is 67.5 Å². The molecule has 2 amide bonds. The van der Waals surface area contributed by atoms with Gasteiger partial charge in [0.1, 0.15) is 0 Å². The maximum atomic E-state index is 11.6. The Morgan fingerprint density at radius 2 is 1.59 bits per heavy atom. The molecule has 0 unspecified atom stereocenters. The second kappa shape index (κ2) is 9.54. The van der Waals surface area contributed by atoms with Crippen molar-refractivity contribution in [2.75, 3.05) is 34.0 Å². The van der Waals surface area contributed by atoms with Crippen molar-refractivity contribution in [1.82, 2.24) is 9.80 Å². The Hall–Kier alpha value is -2.38. The third-order valence-corrected chi connectivity index (χ3v) is 2.62. The van der Waals surface area contributed by atoms with Crippen LogP contribution in [0.1, 0.15) is 20.3 Å². The number of hydrogen-bond acceptors (Lipinski definition) is 6. The van der Waals surface area contributed by atoms with Crippen LogP contribution in [0, 0.1) is 0 Å². The lowest BCUT2D eigenvalue weighted by Gasteiger charge is -2.23. The van der Waals surface area contributed by atoms with E-state index in [1.165, 1.54) is 18.9 Å². The maximum Gasteiger partial charge on any atom is 0.411 e. The van der Waals surface area contributed by atoms with Crippen LogP contribution in [-0.2, 0) is 23.9 Å². The van der Waals surface area contributed by atoms with Gasteiger partial charge in [0.2, 0.25) is 5.91 Å². The minimum atomic E-state index is -0.839. The van der Waals surface area contributed by atoms with Gasteiger partial charge in [0.15, 0.2) is 19.0 Å². The Labute approximate surface area is 129 Å². The Morgan fingerprint density at radius 1 is 1.00 bits per heavy atom. The zero-order chi connectivity index (χ0) is 17.3. The highest BCUT2D eigenvalue weighted by molar-refractivity contribution is 5.96. The molecule has 0 bridgehead atoms. The van der Waals surface area contributed by atoms with Crippen LogP contribution in [0.5, 0.6) is 0 Å². The van der Waals surface area contributed by atoms with E-state index in [1.807, 2.05) is 0 Å². The van der Waals surface area contributed by atoms with Gasteiger partial charge < -0.3 is 14.4 Å². The average Bonchev–Trinajstić information content (AvgIpc) is 2.48.